The maximum absolute atomic E-state index is 13.5. The van der Waals surface area contributed by atoms with E-state index >= 15 is 0 Å². The van der Waals surface area contributed by atoms with E-state index < -0.39 is 0 Å². The van der Waals surface area contributed by atoms with Crippen molar-refractivity contribution in [2.24, 2.45) is 0 Å². The lowest BCUT2D eigenvalue weighted by Gasteiger charge is -2.19. The van der Waals surface area contributed by atoms with Crippen LogP contribution >= 0.6 is 0 Å². The Bertz CT molecular complexity index is 551. The predicted octanol–water partition coefficient (Wildman–Crippen LogP) is 4.46. The summed E-state index contributed by atoms with van der Waals surface area (Å²) in [6.07, 6.45) is 1.99. The molecule has 2 aromatic rings. The molecule has 2 heteroatoms. The second kappa shape index (κ2) is 7.94. The molecular weight excluding hydrogens is 261 g/mol. The van der Waals surface area contributed by atoms with Crippen LogP contribution in [0.3, 0.4) is 0 Å². The van der Waals surface area contributed by atoms with Gasteiger partial charge in [-0.05, 0) is 55.1 Å². The van der Waals surface area contributed by atoms with Crippen LogP contribution < -0.4 is 5.32 Å². The van der Waals surface area contributed by atoms with Gasteiger partial charge in [0.15, 0.2) is 0 Å². The summed E-state index contributed by atoms with van der Waals surface area (Å²) in [5.74, 6) is 0.224. The van der Waals surface area contributed by atoms with E-state index in [0.29, 0.717) is 5.92 Å². The standard InChI is InChI=1S/C19H24FN/c1-3-11-21-14-18(16-7-5-4-6-8-16)12-17-13-19(20)10-9-15(17)2/h4-10,13,18,21H,3,11-12,14H2,1-2H3. The van der Waals surface area contributed by atoms with Gasteiger partial charge in [0.05, 0.1) is 0 Å². The molecule has 112 valence electrons. The highest BCUT2D eigenvalue weighted by atomic mass is 19.1. The summed E-state index contributed by atoms with van der Waals surface area (Å²) in [6, 6.07) is 15.6. The molecule has 0 radical (unpaired) electrons. The quantitative estimate of drug-likeness (QED) is 0.741. The monoisotopic (exact) mass is 285 g/mol. The Morgan fingerprint density at radius 2 is 1.86 bits per heavy atom. The molecule has 1 N–H and O–H groups in total. The number of hydrogen-bond donors (Lipinski definition) is 1. The molecule has 0 heterocycles. The summed E-state index contributed by atoms with van der Waals surface area (Å²) in [7, 11) is 0. The first-order valence-electron chi connectivity index (χ1n) is 7.71. The van der Waals surface area contributed by atoms with Gasteiger partial charge < -0.3 is 5.32 Å². The molecule has 0 saturated carbocycles. The Morgan fingerprint density at radius 1 is 1.10 bits per heavy atom. The molecule has 21 heavy (non-hydrogen) atoms. The molecule has 0 aromatic heterocycles. The normalized spacial score (nSPS) is 12.3. The maximum Gasteiger partial charge on any atom is 0.123 e. The highest BCUT2D eigenvalue weighted by Gasteiger charge is 2.13. The first kappa shape index (κ1) is 15.7. The molecule has 2 aromatic carbocycles. The number of benzene rings is 2. The van der Waals surface area contributed by atoms with Gasteiger partial charge in [-0.3, -0.25) is 0 Å². The van der Waals surface area contributed by atoms with Crippen LogP contribution in [0.2, 0.25) is 0 Å². The summed E-state index contributed by atoms with van der Waals surface area (Å²) in [5.41, 5.74) is 3.57. The van der Waals surface area contributed by atoms with Crippen LogP contribution in [0, 0.1) is 12.7 Å². The molecule has 0 amide bonds. The minimum absolute atomic E-state index is 0.149. The van der Waals surface area contributed by atoms with E-state index in [1.165, 1.54) is 11.6 Å². The minimum atomic E-state index is -0.149. The lowest BCUT2D eigenvalue weighted by molar-refractivity contribution is 0.572. The number of nitrogens with one attached hydrogen (secondary N) is 1. The van der Waals surface area contributed by atoms with Crippen molar-refractivity contribution in [1.82, 2.24) is 5.32 Å². The molecule has 0 saturated heterocycles. The van der Waals surface area contributed by atoms with Gasteiger partial charge in [-0.2, -0.15) is 0 Å². The van der Waals surface area contributed by atoms with Gasteiger partial charge in [-0.15, -0.1) is 0 Å². The van der Waals surface area contributed by atoms with Gasteiger partial charge in [-0.1, -0.05) is 43.3 Å². The third-order valence-electron chi connectivity index (χ3n) is 3.87. The fourth-order valence-electron chi connectivity index (χ4n) is 2.61. The Hall–Kier alpha value is -1.67. The van der Waals surface area contributed by atoms with Gasteiger partial charge >= 0.3 is 0 Å². The van der Waals surface area contributed by atoms with Gasteiger partial charge in [0.1, 0.15) is 5.82 Å². The smallest absolute Gasteiger partial charge is 0.123 e. The van der Waals surface area contributed by atoms with E-state index in [1.54, 1.807) is 6.07 Å². The molecule has 2 rings (SSSR count). The summed E-state index contributed by atoms with van der Waals surface area (Å²) >= 11 is 0. The summed E-state index contributed by atoms with van der Waals surface area (Å²) in [5, 5.41) is 3.49. The van der Waals surface area contributed by atoms with E-state index in [2.05, 4.69) is 43.4 Å². The molecule has 0 bridgehead atoms. The van der Waals surface area contributed by atoms with Gasteiger partial charge in [-0.25, -0.2) is 4.39 Å². The molecule has 0 aliphatic heterocycles. The zero-order valence-electron chi connectivity index (χ0n) is 12.9. The Morgan fingerprint density at radius 3 is 2.57 bits per heavy atom. The lowest BCUT2D eigenvalue weighted by Crippen LogP contribution is -2.24. The van der Waals surface area contributed by atoms with Crippen LogP contribution in [0.25, 0.3) is 0 Å². The highest BCUT2D eigenvalue weighted by Crippen LogP contribution is 2.23. The topological polar surface area (TPSA) is 12.0 Å². The van der Waals surface area contributed by atoms with E-state index in [9.17, 15) is 4.39 Å². The number of halogens is 1. The van der Waals surface area contributed by atoms with Crippen molar-refractivity contribution in [3.8, 4) is 0 Å². The average molecular weight is 285 g/mol. The summed E-state index contributed by atoms with van der Waals surface area (Å²) in [6.45, 7) is 6.16. The second-order valence-corrected chi connectivity index (χ2v) is 5.59. The molecule has 1 nitrogen and oxygen atoms in total. The molecule has 0 aliphatic rings. The molecule has 0 spiro atoms. The average Bonchev–Trinajstić information content (AvgIpc) is 2.51. The van der Waals surface area contributed by atoms with E-state index in [-0.39, 0.29) is 5.82 Å². The van der Waals surface area contributed by atoms with Crippen molar-refractivity contribution in [2.45, 2.75) is 32.6 Å². The number of aryl methyl sites for hydroxylation is 1. The SMILES string of the molecule is CCCNCC(Cc1cc(F)ccc1C)c1ccccc1. The van der Waals surface area contributed by atoms with Crippen molar-refractivity contribution in [3.05, 3.63) is 71.0 Å². The summed E-state index contributed by atoms with van der Waals surface area (Å²) in [4.78, 5) is 0. The third-order valence-corrected chi connectivity index (χ3v) is 3.87. The third kappa shape index (κ3) is 4.68. The van der Waals surface area contributed by atoms with Crippen molar-refractivity contribution in [3.63, 3.8) is 0 Å². The largest absolute Gasteiger partial charge is 0.316 e. The molecular formula is C19H24FN. The predicted molar refractivity (Wildman–Crippen MR) is 87.2 cm³/mol. The van der Waals surface area contributed by atoms with Crippen LogP contribution in [-0.2, 0) is 6.42 Å². The Kier molecular flexibility index (Phi) is 5.94. The van der Waals surface area contributed by atoms with Crippen molar-refractivity contribution in [2.75, 3.05) is 13.1 Å². The van der Waals surface area contributed by atoms with Gasteiger partial charge in [0.25, 0.3) is 0 Å². The Labute approximate surface area is 127 Å². The first-order valence-corrected chi connectivity index (χ1v) is 7.71. The van der Waals surface area contributed by atoms with E-state index in [4.69, 9.17) is 0 Å². The van der Waals surface area contributed by atoms with E-state index in [1.807, 2.05) is 12.1 Å². The van der Waals surface area contributed by atoms with E-state index in [0.717, 1.165) is 37.1 Å². The number of hydrogen-bond acceptors (Lipinski definition) is 1. The molecule has 1 atom stereocenters. The van der Waals surface area contributed by atoms with Crippen LogP contribution in [0.1, 0.15) is 36.0 Å². The summed E-state index contributed by atoms with van der Waals surface area (Å²) < 4.78 is 13.5. The molecule has 0 fully saturated rings. The van der Waals surface area contributed by atoms with Crippen LogP contribution in [0.5, 0.6) is 0 Å². The fourth-order valence-corrected chi connectivity index (χ4v) is 2.61. The Balaban J connectivity index is 2.17. The van der Waals surface area contributed by atoms with Crippen LogP contribution in [0.4, 0.5) is 4.39 Å². The maximum atomic E-state index is 13.5. The first-order chi connectivity index (χ1) is 10.2. The van der Waals surface area contributed by atoms with Crippen LogP contribution in [-0.4, -0.2) is 13.1 Å². The minimum Gasteiger partial charge on any atom is -0.316 e. The van der Waals surface area contributed by atoms with Crippen molar-refractivity contribution < 1.29 is 4.39 Å². The van der Waals surface area contributed by atoms with Gasteiger partial charge in [0, 0.05) is 12.5 Å². The highest BCUT2D eigenvalue weighted by molar-refractivity contribution is 5.30. The molecule has 1 unspecified atom stereocenters. The molecule has 0 aliphatic carbocycles. The zero-order valence-corrected chi connectivity index (χ0v) is 12.9. The zero-order chi connectivity index (χ0) is 15.1. The van der Waals surface area contributed by atoms with Crippen molar-refractivity contribution in [1.29, 1.82) is 0 Å². The van der Waals surface area contributed by atoms with Crippen LogP contribution in [0.15, 0.2) is 48.5 Å². The van der Waals surface area contributed by atoms with Crippen molar-refractivity contribution >= 4 is 0 Å². The second-order valence-electron chi connectivity index (χ2n) is 5.59. The number of rotatable bonds is 7. The fraction of sp³-hybridized carbons (Fsp3) is 0.368. The van der Waals surface area contributed by atoms with Gasteiger partial charge in [0.2, 0.25) is 0 Å². The lowest BCUT2D eigenvalue weighted by atomic mass is 9.90.